The van der Waals surface area contributed by atoms with Gasteiger partial charge in [-0.15, -0.1) is 23.4 Å². The fourth-order valence-electron chi connectivity index (χ4n) is 2.21. The fourth-order valence-corrected chi connectivity index (χ4v) is 3.61. The van der Waals surface area contributed by atoms with Crippen LogP contribution < -0.4 is 4.74 Å². The van der Waals surface area contributed by atoms with Gasteiger partial charge in [0, 0.05) is 16.0 Å². The molecule has 98 valence electrons. The van der Waals surface area contributed by atoms with Crippen LogP contribution in [0.4, 0.5) is 0 Å². The molecule has 0 aliphatic carbocycles. The second kappa shape index (κ2) is 5.89. The zero-order valence-corrected chi connectivity index (χ0v) is 12.1. The molecule has 0 saturated heterocycles. The van der Waals surface area contributed by atoms with Crippen molar-refractivity contribution >= 4 is 23.4 Å². The summed E-state index contributed by atoms with van der Waals surface area (Å²) in [7, 11) is 0. The molecule has 0 radical (unpaired) electrons. The molecule has 0 fully saturated rings. The SMILES string of the molecule is ClCc1ccc(OCC2Cc3ccccc3S2)cc1. The Labute approximate surface area is 122 Å². The highest BCUT2D eigenvalue weighted by Gasteiger charge is 2.22. The van der Waals surface area contributed by atoms with Crippen LogP contribution in [0, 0.1) is 0 Å². The predicted molar refractivity (Wildman–Crippen MR) is 81.3 cm³/mol. The van der Waals surface area contributed by atoms with Crippen molar-refractivity contribution in [2.45, 2.75) is 22.4 Å². The Morgan fingerprint density at radius 2 is 1.89 bits per heavy atom. The number of fused-ring (bicyclic) bond motifs is 1. The normalized spacial score (nSPS) is 17.2. The monoisotopic (exact) mass is 290 g/mol. The molecule has 0 spiro atoms. The van der Waals surface area contributed by atoms with E-state index in [4.69, 9.17) is 16.3 Å². The molecule has 2 aromatic carbocycles. The summed E-state index contributed by atoms with van der Waals surface area (Å²) in [5.74, 6) is 1.47. The summed E-state index contributed by atoms with van der Waals surface area (Å²) in [6.45, 7) is 0.750. The van der Waals surface area contributed by atoms with Crippen molar-refractivity contribution in [2.75, 3.05) is 6.61 Å². The number of rotatable bonds is 4. The van der Waals surface area contributed by atoms with Crippen molar-refractivity contribution < 1.29 is 4.74 Å². The van der Waals surface area contributed by atoms with Crippen LogP contribution in [0.2, 0.25) is 0 Å². The minimum Gasteiger partial charge on any atom is -0.492 e. The fraction of sp³-hybridized carbons (Fsp3) is 0.250. The van der Waals surface area contributed by atoms with Crippen LogP contribution in [0.15, 0.2) is 53.4 Å². The third kappa shape index (κ3) is 3.07. The van der Waals surface area contributed by atoms with E-state index in [0.717, 1.165) is 24.3 Å². The largest absolute Gasteiger partial charge is 0.492 e. The highest BCUT2D eigenvalue weighted by Crippen LogP contribution is 2.36. The van der Waals surface area contributed by atoms with Crippen LogP contribution >= 0.6 is 23.4 Å². The van der Waals surface area contributed by atoms with Crippen molar-refractivity contribution in [3.8, 4) is 5.75 Å². The van der Waals surface area contributed by atoms with Gasteiger partial charge in [-0.1, -0.05) is 30.3 Å². The van der Waals surface area contributed by atoms with Crippen molar-refractivity contribution in [1.82, 2.24) is 0 Å². The maximum absolute atomic E-state index is 5.86. The minimum atomic E-state index is 0.519. The Morgan fingerprint density at radius 1 is 1.11 bits per heavy atom. The molecule has 2 aromatic rings. The molecule has 0 bridgehead atoms. The molecule has 1 atom stereocenters. The molecule has 1 heterocycles. The first-order valence-corrected chi connectivity index (χ1v) is 7.79. The van der Waals surface area contributed by atoms with E-state index in [1.54, 1.807) is 0 Å². The lowest BCUT2D eigenvalue weighted by Gasteiger charge is -2.11. The van der Waals surface area contributed by atoms with Gasteiger partial charge in [0.2, 0.25) is 0 Å². The van der Waals surface area contributed by atoms with Gasteiger partial charge < -0.3 is 4.74 Å². The van der Waals surface area contributed by atoms with E-state index in [1.807, 2.05) is 36.0 Å². The summed E-state index contributed by atoms with van der Waals surface area (Å²) in [6, 6.07) is 16.6. The smallest absolute Gasteiger partial charge is 0.119 e. The number of thioether (sulfide) groups is 1. The lowest BCUT2D eigenvalue weighted by molar-refractivity contribution is 0.317. The Bertz CT molecular complexity index is 528. The van der Waals surface area contributed by atoms with Gasteiger partial charge in [0.25, 0.3) is 0 Å². The average molecular weight is 291 g/mol. The average Bonchev–Trinajstić information content (AvgIpc) is 2.88. The third-order valence-corrected chi connectivity index (χ3v) is 4.82. The van der Waals surface area contributed by atoms with Crippen molar-refractivity contribution in [1.29, 1.82) is 0 Å². The second-order valence-corrected chi connectivity index (χ2v) is 6.25. The Morgan fingerprint density at radius 3 is 2.63 bits per heavy atom. The Balaban J connectivity index is 1.56. The van der Waals surface area contributed by atoms with Crippen molar-refractivity contribution in [2.24, 2.45) is 0 Å². The van der Waals surface area contributed by atoms with Crippen LogP contribution in [0.3, 0.4) is 0 Å². The maximum Gasteiger partial charge on any atom is 0.119 e. The number of hydrogen-bond donors (Lipinski definition) is 0. The van der Waals surface area contributed by atoms with Gasteiger partial charge in [-0.2, -0.15) is 0 Å². The molecule has 1 aliphatic rings. The van der Waals surface area contributed by atoms with E-state index in [2.05, 4.69) is 24.3 Å². The van der Waals surface area contributed by atoms with Crippen LogP contribution in [-0.4, -0.2) is 11.9 Å². The maximum atomic E-state index is 5.86. The van der Waals surface area contributed by atoms with E-state index in [9.17, 15) is 0 Å². The van der Waals surface area contributed by atoms with E-state index < -0.39 is 0 Å². The number of hydrogen-bond acceptors (Lipinski definition) is 2. The predicted octanol–water partition coefficient (Wildman–Crippen LogP) is 4.52. The second-order valence-electron chi connectivity index (χ2n) is 4.64. The van der Waals surface area contributed by atoms with Gasteiger partial charge in [0.15, 0.2) is 0 Å². The first kappa shape index (κ1) is 12.9. The van der Waals surface area contributed by atoms with Crippen LogP contribution in [-0.2, 0) is 12.3 Å². The zero-order chi connectivity index (χ0) is 13.1. The van der Waals surface area contributed by atoms with E-state index in [0.29, 0.717) is 11.1 Å². The number of alkyl halides is 1. The summed E-state index contributed by atoms with van der Waals surface area (Å²) in [4.78, 5) is 1.40. The van der Waals surface area contributed by atoms with Gasteiger partial charge in [-0.3, -0.25) is 0 Å². The molecule has 1 unspecified atom stereocenters. The van der Waals surface area contributed by atoms with Gasteiger partial charge in [-0.05, 0) is 35.7 Å². The number of ether oxygens (including phenoxy) is 1. The van der Waals surface area contributed by atoms with Gasteiger partial charge in [0.05, 0.1) is 0 Å². The first-order chi connectivity index (χ1) is 9.35. The summed E-state index contributed by atoms with van der Waals surface area (Å²) in [5, 5.41) is 0.519. The van der Waals surface area contributed by atoms with Gasteiger partial charge in [0.1, 0.15) is 12.4 Å². The van der Waals surface area contributed by atoms with Crippen molar-refractivity contribution in [3.05, 3.63) is 59.7 Å². The van der Waals surface area contributed by atoms with Gasteiger partial charge in [-0.25, -0.2) is 0 Å². The Kier molecular flexibility index (Phi) is 4.00. The highest BCUT2D eigenvalue weighted by atomic mass is 35.5. The third-order valence-electron chi connectivity index (χ3n) is 3.23. The molecule has 19 heavy (non-hydrogen) atoms. The zero-order valence-electron chi connectivity index (χ0n) is 10.5. The van der Waals surface area contributed by atoms with Gasteiger partial charge >= 0.3 is 0 Å². The molecule has 3 rings (SSSR count). The summed E-state index contributed by atoms with van der Waals surface area (Å²) >= 11 is 7.68. The summed E-state index contributed by atoms with van der Waals surface area (Å²) in [6.07, 6.45) is 1.10. The Hall–Kier alpha value is -1.12. The lowest BCUT2D eigenvalue weighted by atomic mass is 10.1. The standard InChI is InChI=1S/C16H15ClOS/c17-10-12-5-7-14(8-6-12)18-11-15-9-13-3-1-2-4-16(13)19-15/h1-8,15H,9-11H2. The van der Waals surface area contributed by atoms with E-state index in [1.165, 1.54) is 10.5 Å². The first-order valence-electron chi connectivity index (χ1n) is 6.37. The molecule has 0 saturated carbocycles. The lowest BCUT2D eigenvalue weighted by Crippen LogP contribution is -2.13. The molecule has 1 aliphatic heterocycles. The molecule has 0 aromatic heterocycles. The molecule has 1 nitrogen and oxygen atoms in total. The van der Waals surface area contributed by atoms with E-state index in [-0.39, 0.29) is 0 Å². The summed E-state index contributed by atoms with van der Waals surface area (Å²) in [5.41, 5.74) is 2.57. The minimum absolute atomic E-state index is 0.519. The summed E-state index contributed by atoms with van der Waals surface area (Å²) < 4.78 is 5.86. The van der Waals surface area contributed by atoms with Crippen LogP contribution in [0.25, 0.3) is 0 Å². The number of benzene rings is 2. The molecule has 3 heteroatoms. The quantitative estimate of drug-likeness (QED) is 0.766. The number of halogens is 1. The van der Waals surface area contributed by atoms with Crippen LogP contribution in [0.5, 0.6) is 5.75 Å². The molecule has 0 N–H and O–H groups in total. The van der Waals surface area contributed by atoms with Crippen molar-refractivity contribution in [3.63, 3.8) is 0 Å². The molecular weight excluding hydrogens is 276 g/mol. The molecular formula is C16H15ClOS. The molecule has 0 amide bonds. The van der Waals surface area contributed by atoms with Crippen LogP contribution in [0.1, 0.15) is 11.1 Å². The topological polar surface area (TPSA) is 9.23 Å². The highest BCUT2D eigenvalue weighted by molar-refractivity contribution is 8.00. The van der Waals surface area contributed by atoms with E-state index >= 15 is 0 Å².